The van der Waals surface area contributed by atoms with Crippen molar-refractivity contribution < 1.29 is 14.6 Å². The van der Waals surface area contributed by atoms with Crippen molar-refractivity contribution in [2.24, 2.45) is 0 Å². The summed E-state index contributed by atoms with van der Waals surface area (Å²) >= 11 is 9.07. The lowest BCUT2D eigenvalue weighted by atomic mass is 10.2. The van der Waals surface area contributed by atoms with E-state index in [-0.39, 0.29) is 10.8 Å². The van der Waals surface area contributed by atoms with Gasteiger partial charge in [-0.15, -0.1) is 0 Å². The van der Waals surface area contributed by atoms with Gasteiger partial charge in [-0.1, -0.05) is 11.6 Å². The molecule has 0 bridgehead atoms. The van der Waals surface area contributed by atoms with Crippen LogP contribution in [0.3, 0.4) is 0 Å². The van der Waals surface area contributed by atoms with Crippen LogP contribution < -0.4 is 0 Å². The summed E-state index contributed by atoms with van der Waals surface area (Å²) in [7, 11) is 0. The van der Waals surface area contributed by atoms with Gasteiger partial charge in [-0.3, -0.25) is 0 Å². The molecule has 0 aromatic heterocycles. The second kappa shape index (κ2) is 4.06. The molecule has 1 aromatic rings. The number of hydrogen-bond donors (Lipinski definition) is 1. The number of phenols is 1. The predicted octanol–water partition coefficient (Wildman–Crippen LogP) is 2.85. The molecule has 2 rings (SSSR count). The SMILES string of the molecule is Oc1c(C2OCCO2)ccc(Br)c1Cl. The number of rotatable bonds is 1. The molecular weight excluding hydrogens is 271 g/mol. The molecule has 0 aliphatic carbocycles. The van der Waals surface area contributed by atoms with Gasteiger partial charge in [0.25, 0.3) is 0 Å². The van der Waals surface area contributed by atoms with Crippen LogP contribution >= 0.6 is 27.5 Å². The number of benzene rings is 1. The highest BCUT2D eigenvalue weighted by Gasteiger charge is 2.23. The van der Waals surface area contributed by atoms with Gasteiger partial charge >= 0.3 is 0 Å². The molecule has 14 heavy (non-hydrogen) atoms. The van der Waals surface area contributed by atoms with Crippen LogP contribution in [-0.2, 0) is 9.47 Å². The number of aromatic hydroxyl groups is 1. The van der Waals surface area contributed by atoms with Crippen LogP contribution in [0.25, 0.3) is 0 Å². The Morgan fingerprint density at radius 3 is 2.64 bits per heavy atom. The molecule has 0 saturated carbocycles. The van der Waals surface area contributed by atoms with Crippen LogP contribution in [0.4, 0.5) is 0 Å². The van der Waals surface area contributed by atoms with Crippen molar-refractivity contribution in [3.05, 3.63) is 27.2 Å². The fraction of sp³-hybridized carbons (Fsp3) is 0.333. The van der Waals surface area contributed by atoms with Crippen molar-refractivity contribution in [1.29, 1.82) is 0 Å². The Morgan fingerprint density at radius 1 is 1.36 bits per heavy atom. The smallest absolute Gasteiger partial charge is 0.187 e. The van der Waals surface area contributed by atoms with E-state index in [1.54, 1.807) is 12.1 Å². The first kappa shape index (κ1) is 10.2. The van der Waals surface area contributed by atoms with Crippen LogP contribution in [0, 0.1) is 0 Å². The van der Waals surface area contributed by atoms with Gasteiger partial charge in [0, 0.05) is 4.47 Å². The van der Waals surface area contributed by atoms with E-state index in [9.17, 15) is 5.11 Å². The normalized spacial score (nSPS) is 17.6. The average Bonchev–Trinajstić information content (AvgIpc) is 2.67. The summed E-state index contributed by atoms with van der Waals surface area (Å²) in [5.74, 6) is 0.00735. The largest absolute Gasteiger partial charge is 0.506 e. The first-order valence-electron chi connectivity index (χ1n) is 4.10. The Labute approximate surface area is 94.7 Å². The van der Waals surface area contributed by atoms with Crippen molar-refractivity contribution in [3.8, 4) is 5.75 Å². The van der Waals surface area contributed by atoms with Crippen molar-refractivity contribution in [1.82, 2.24) is 0 Å². The maximum Gasteiger partial charge on any atom is 0.187 e. The molecule has 5 heteroatoms. The molecule has 1 fully saturated rings. The van der Waals surface area contributed by atoms with Gasteiger partial charge in [0.1, 0.15) is 5.75 Å². The highest BCUT2D eigenvalue weighted by Crippen LogP contribution is 2.39. The van der Waals surface area contributed by atoms with E-state index < -0.39 is 6.29 Å². The lowest BCUT2D eigenvalue weighted by molar-refractivity contribution is -0.0454. The van der Waals surface area contributed by atoms with Gasteiger partial charge in [0.15, 0.2) is 6.29 Å². The van der Waals surface area contributed by atoms with Crippen LogP contribution in [0.15, 0.2) is 16.6 Å². The van der Waals surface area contributed by atoms with E-state index in [0.717, 1.165) is 0 Å². The van der Waals surface area contributed by atoms with E-state index >= 15 is 0 Å². The highest BCUT2D eigenvalue weighted by atomic mass is 79.9. The van der Waals surface area contributed by atoms with Gasteiger partial charge in [0.2, 0.25) is 0 Å². The molecule has 1 heterocycles. The number of hydrogen-bond acceptors (Lipinski definition) is 3. The van der Waals surface area contributed by atoms with Crippen LogP contribution in [0.5, 0.6) is 5.75 Å². The molecule has 0 atom stereocenters. The van der Waals surface area contributed by atoms with Crippen molar-refractivity contribution in [2.75, 3.05) is 13.2 Å². The predicted molar refractivity (Wildman–Crippen MR) is 55.5 cm³/mol. The summed E-state index contributed by atoms with van der Waals surface area (Å²) in [5, 5.41) is 10.00. The molecule has 1 aliphatic heterocycles. The van der Waals surface area contributed by atoms with E-state index in [1.807, 2.05) is 0 Å². The van der Waals surface area contributed by atoms with Crippen LogP contribution in [0.2, 0.25) is 5.02 Å². The lowest BCUT2D eigenvalue weighted by Crippen LogP contribution is -1.98. The molecule has 0 amide bonds. The maximum atomic E-state index is 9.72. The van der Waals surface area contributed by atoms with E-state index in [0.29, 0.717) is 23.2 Å². The van der Waals surface area contributed by atoms with E-state index in [4.69, 9.17) is 21.1 Å². The zero-order chi connectivity index (χ0) is 10.1. The summed E-state index contributed by atoms with van der Waals surface area (Å²) in [6.45, 7) is 1.08. The first-order valence-corrected chi connectivity index (χ1v) is 5.27. The number of ether oxygens (including phenoxy) is 2. The molecule has 1 N–H and O–H groups in total. The Balaban J connectivity index is 2.38. The third-order valence-corrected chi connectivity index (χ3v) is 3.25. The van der Waals surface area contributed by atoms with Gasteiger partial charge in [-0.2, -0.15) is 0 Å². The van der Waals surface area contributed by atoms with Crippen LogP contribution in [-0.4, -0.2) is 18.3 Å². The molecule has 0 radical (unpaired) electrons. The maximum absolute atomic E-state index is 9.72. The minimum absolute atomic E-state index is 0.00735. The summed E-state index contributed by atoms with van der Waals surface area (Å²) in [4.78, 5) is 0. The van der Waals surface area contributed by atoms with Gasteiger partial charge in [-0.05, 0) is 28.1 Å². The third kappa shape index (κ3) is 1.75. The molecule has 3 nitrogen and oxygen atoms in total. The van der Waals surface area contributed by atoms with Gasteiger partial charge < -0.3 is 14.6 Å². The minimum atomic E-state index is -0.499. The second-order valence-electron chi connectivity index (χ2n) is 2.87. The van der Waals surface area contributed by atoms with Gasteiger partial charge in [-0.25, -0.2) is 0 Å². The summed E-state index contributed by atoms with van der Waals surface area (Å²) in [5.41, 5.74) is 0.565. The Hall–Kier alpha value is -0.290. The van der Waals surface area contributed by atoms with Crippen molar-refractivity contribution in [2.45, 2.75) is 6.29 Å². The standard InChI is InChI=1S/C9H8BrClO3/c10-6-2-1-5(8(12)7(6)11)9-13-3-4-14-9/h1-2,9,12H,3-4H2. The van der Waals surface area contributed by atoms with E-state index in [1.165, 1.54) is 0 Å². The van der Waals surface area contributed by atoms with Crippen molar-refractivity contribution in [3.63, 3.8) is 0 Å². The van der Waals surface area contributed by atoms with Crippen molar-refractivity contribution >= 4 is 27.5 Å². The summed E-state index contributed by atoms with van der Waals surface area (Å²) in [6.07, 6.45) is -0.499. The lowest BCUT2D eigenvalue weighted by Gasteiger charge is -2.12. The summed E-state index contributed by atoms with van der Waals surface area (Å²) in [6, 6.07) is 3.48. The molecule has 1 saturated heterocycles. The Morgan fingerprint density at radius 2 is 2.00 bits per heavy atom. The first-order chi connectivity index (χ1) is 6.70. The average molecular weight is 280 g/mol. The molecule has 76 valence electrons. The van der Waals surface area contributed by atoms with E-state index in [2.05, 4.69) is 15.9 Å². The minimum Gasteiger partial charge on any atom is -0.506 e. The summed E-state index contributed by atoms with van der Waals surface area (Å²) < 4.78 is 11.2. The molecular formula is C9H8BrClO3. The highest BCUT2D eigenvalue weighted by molar-refractivity contribution is 9.10. The van der Waals surface area contributed by atoms with Crippen LogP contribution in [0.1, 0.15) is 11.9 Å². The number of halogens is 2. The molecule has 0 unspecified atom stereocenters. The quantitative estimate of drug-likeness (QED) is 0.859. The number of phenolic OH excluding ortho intramolecular Hbond substituents is 1. The molecule has 1 aromatic carbocycles. The monoisotopic (exact) mass is 278 g/mol. The zero-order valence-electron chi connectivity index (χ0n) is 7.17. The Bertz CT molecular complexity index is 350. The Kier molecular flexibility index (Phi) is 2.97. The van der Waals surface area contributed by atoms with Gasteiger partial charge in [0.05, 0.1) is 23.8 Å². The molecule has 0 spiro atoms. The fourth-order valence-corrected chi connectivity index (χ4v) is 1.78. The zero-order valence-corrected chi connectivity index (χ0v) is 9.51. The molecule has 1 aliphatic rings. The third-order valence-electron chi connectivity index (χ3n) is 1.98. The second-order valence-corrected chi connectivity index (χ2v) is 4.11. The fourth-order valence-electron chi connectivity index (χ4n) is 1.28. The topological polar surface area (TPSA) is 38.7 Å².